The molecule has 0 aliphatic carbocycles. The second kappa shape index (κ2) is 10.3. The van der Waals surface area contributed by atoms with E-state index < -0.39 is 0 Å². The van der Waals surface area contributed by atoms with Crippen LogP contribution in [0.5, 0.6) is 0 Å². The van der Waals surface area contributed by atoms with Crippen molar-refractivity contribution < 1.29 is 4.42 Å². The number of benzene rings is 9. The van der Waals surface area contributed by atoms with Gasteiger partial charge in [0.25, 0.3) is 0 Å². The summed E-state index contributed by atoms with van der Waals surface area (Å²) in [6.45, 7) is 0. The first-order valence-electron chi connectivity index (χ1n) is 17.3. The molecule has 3 heterocycles. The molecule has 0 aliphatic rings. The molecule has 0 N–H and O–H groups in total. The number of hydrogen-bond donors (Lipinski definition) is 0. The summed E-state index contributed by atoms with van der Waals surface area (Å²) in [5.74, 6) is 0. The van der Waals surface area contributed by atoms with Crippen molar-refractivity contribution in [2.45, 2.75) is 0 Å². The summed E-state index contributed by atoms with van der Waals surface area (Å²) in [5, 5.41) is 15.0. The first kappa shape index (κ1) is 27.8. The summed E-state index contributed by atoms with van der Waals surface area (Å²) in [5.41, 5.74) is 6.90. The predicted molar refractivity (Wildman–Crippen MR) is 223 cm³/mol. The van der Waals surface area contributed by atoms with E-state index in [0.29, 0.717) is 0 Å². The van der Waals surface area contributed by atoms with Gasteiger partial charge >= 0.3 is 0 Å². The van der Waals surface area contributed by atoms with Crippen molar-refractivity contribution in [2.24, 2.45) is 0 Å². The lowest BCUT2D eigenvalue weighted by Crippen LogP contribution is -1.90. The monoisotopic (exact) mass is 682 g/mol. The molecule has 236 valence electrons. The molecule has 0 radical (unpaired) electrons. The topological polar surface area (TPSA) is 13.1 Å². The third-order valence-electron chi connectivity index (χ3n) is 10.8. The van der Waals surface area contributed by atoms with E-state index in [-0.39, 0.29) is 0 Å². The van der Waals surface area contributed by atoms with Gasteiger partial charge in [-0.3, -0.25) is 0 Å². The van der Waals surface area contributed by atoms with Gasteiger partial charge in [0.05, 0.1) is 0 Å². The maximum absolute atomic E-state index is 6.85. The van der Waals surface area contributed by atoms with Crippen molar-refractivity contribution >= 4 is 117 Å². The lowest BCUT2D eigenvalue weighted by atomic mass is 9.85. The van der Waals surface area contributed by atoms with Gasteiger partial charge < -0.3 is 4.42 Å². The predicted octanol–water partition coefficient (Wildman–Crippen LogP) is 15.1. The zero-order valence-corrected chi connectivity index (χ0v) is 28.9. The van der Waals surface area contributed by atoms with Crippen molar-refractivity contribution in [1.29, 1.82) is 0 Å². The minimum atomic E-state index is 0.920. The highest BCUT2D eigenvalue weighted by atomic mass is 32.1. The first-order valence-corrected chi connectivity index (χ1v) is 19.0. The van der Waals surface area contributed by atoms with Crippen LogP contribution >= 0.6 is 22.7 Å². The van der Waals surface area contributed by atoms with E-state index in [4.69, 9.17) is 4.42 Å². The molecule has 3 aromatic heterocycles. The molecular weight excluding hydrogens is 657 g/mol. The quantitative estimate of drug-likeness (QED) is 0.165. The van der Waals surface area contributed by atoms with Gasteiger partial charge in [-0.1, -0.05) is 127 Å². The van der Waals surface area contributed by atoms with E-state index in [2.05, 4.69) is 158 Å². The first-order chi connectivity index (χ1) is 25.3. The Morgan fingerprint density at radius 2 is 0.843 bits per heavy atom. The molecule has 51 heavy (non-hydrogen) atoms. The Morgan fingerprint density at radius 1 is 0.333 bits per heavy atom. The van der Waals surface area contributed by atoms with Gasteiger partial charge in [0.2, 0.25) is 0 Å². The summed E-state index contributed by atoms with van der Waals surface area (Å²) in [6, 6.07) is 58.1. The van der Waals surface area contributed by atoms with Crippen molar-refractivity contribution in [3.8, 4) is 22.3 Å². The molecular formula is C48H26OS2. The number of furan rings is 1. The summed E-state index contributed by atoms with van der Waals surface area (Å²) in [4.78, 5) is 0. The molecule has 0 unspecified atom stereocenters. The summed E-state index contributed by atoms with van der Waals surface area (Å²) in [7, 11) is 0. The standard InChI is InChI=1S/C48H26OS2/c1-3-14-33-31(12-1)43(32-13-2-4-15-34(32)44(33)28-21-23-30-29-11-7-9-19-40(29)50-42(30)26-28)27-22-24-39-38(25-27)45-35-16-5-6-17-36(35)48-46(47(45)49-39)37-18-8-10-20-41(37)51-48/h1-26H. The van der Waals surface area contributed by atoms with E-state index in [1.54, 1.807) is 0 Å². The second-order valence-corrected chi connectivity index (χ2v) is 15.7. The molecule has 0 bridgehead atoms. The molecule has 12 aromatic rings. The Balaban J connectivity index is 1.17. The average Bonchev–Trinajstić information content (AvgIpc) is 3.88. The normalized spacial score (nSPS) is 12.3. The number of thiophene rings is 2. The Kier molecular flexibility index (Phi) is 5.59. The third kappa shape index (κ3) is 3.80. The van der Waals surface area contributed by atoms with Gasteiger partial charge in [0.15, 0.2) is 0 Å². The highest BCUT2D eigenvalue weighted by Crippen LogP contribution is 2.49. The Bertz CT molecular complexity index is 3370. The summed E-state index contributed by atoms with van der Waals surface area (Å²) < 4.78 is 12.1. The number of rotatable bonds is 2. The SMILES string of the molecule is c1ccc2c(c1)sc1cc(-c3c4ccccc4c(-c4ccc5oc6c(c5c4)c4ccccc4c4sc5ccccc5c64)c4ccccc34)ccc12. The van der Waals surface area contributed by atoms with Gasteiger partial charge in [0, 0.05) is 56.5 Å². The number of fused-ring (bicyclic) bond motifs is 15. The van der Waals surface area contributed by atoms with Gasteiger partial charge in [-0.2, -0.15) is 0 Å². The molecule has 0 fully saturated rings. The minimum absolute atomic E-state index is 0.920. The Labute approximate surface area is 300 Å². The zero-order valence-electron chi connectivity index (χ0n) is 27.2. The minimum Gasteiger partial charge on any atom is -0.455 e. The van der Waals surface area contributed by atoms with Gasteiger partial charge in [-0.15, -0.1) is 22.7 Å². The maximum atomic E-state index is 6.85. The van der Waals surface area contributed by atoms with E-state index in [0.717, 1.165) is 16.6 Å². The van der Waals surface area contributed by atoms with E-state index in [1.165, 1.54) is 100 Å². The summed E-state index contributed by atoms with van der Waals surface area (Å²) in [6.07, 6.45) is 0. The largest absolute Gasteiger partial charge is 0.455 e. The molecule has 0 atom stereocenters. The average molecular weight is 683 g/mol. The molecule has 0 amide bonds. The van der Waals surface area contributed by atoms with Crippen LogP contribution in [-0.4, -0.2) is 0 Å². The van der Waals surface area contributed by atoms with Crippen molar-refractivity contribution in [3.05, 3.63) is 158 Å². The van der Waals surface area contributed by atoms with E-state index in [9.17, 15) is 0 Å². The van der Waals surface area contributed by atoms with Gasteiger partial charge in [-0.25, -0.2) is 0 Å². The summed E-state index contributed by atoms with van der Waals surface area (Å²) >= 11 is 3.74. The molecule has 0 spiro atoms. The third-order valence-corrected chi connectivity index (χ3v) is 13.2. The van der Waals surface area contributed by atoms with Crippen LogP contribution < -0.4 is 0 Å². The fourth-order valence-electron chi connectivity index (χ4n) is 8.69. The lowest BCUT2D eigenvalue weighted by Gasteiger charge is -2.18. The van der Waals surface area contributed by atoms with Crippen LogP contribution in [0.25, 0.3) is 117 Å². The molecule has 0 aliphatic heterocycles. The Morgan fingerprint density at radius 3 is 1.53 bits per heavy atom. The molecule has 0 saturated carbocycles. The lowest BCUT2D eigenvalue weighted by molar-refractivity contribution is 0.673. The van der Waals surface area contributed by atoms with Crippen LogP contribution in [0, 0.1) is 0 Å². The Hall–Kier alpha value is -6.00. The second-order valence-electron chi connectivity index (χ2n) is 13.5. The van der Waals surface area contributed by atoms with Crippen molar-refractivity contribution in [3.63, 3.8) is 0 Å². The number of hydrogen-bond acceptors (Lipinski definition) is 3. The zero-order chi connectivity index (χ0) is 33.2. The van der Waals surface area contributed by atoms with Crippen molar-refractivity contribution in [1.82, 2.24) is 0 Å². The van der Waals surface area contributed by atoms with Crippen LogP contribution in [-0.2, 0) is 0 Å². The fraction of sp³-hybridized carbons (Fsp3) is 0. The van der Waals surface area contributed by atoms with Crippen LogP contribution in [0.3, 0.4) is 0 Å². The molecule has 1 nitrogen and oxygen atoms in total. The maximum Gasteiger partial charge on any atom is 0.145 e. The highest BCUT2D eigenvalue weighted by molar-refractivity contribution is 7.27. The van der Waals surface area contributed by atoms with E-state index >= 15 is 0 Å². The molecule has 12 rings (SSSR count). The van der Waals surface area contributed by atoms with Gasteiger partial charge in [0.1, 0.15) is 11.2 Å². The van der Waals surface area contributed by atoms with Crippen LogP contribution in [0.15, 0.2) is 162 Å². The van der Waals surface area contributed by atoms with Crippen LogP contribution in [0.2, 0.25) is 0 Å². The van der Waals surface area contributed by atoms with E-state index in [1.807, 2.05) is 22.7 Å². The molecule has 0 saturated heterocycles. The smallest absolute Gasteiger partial charge is 0.145 e. The fourth-order valence-corrected chi connectivity index (χ4v) is 11.1. The van der Waals surface area contributed by atoms with Crippen LogP contribution in [0.4, 0.5) is 0 Å². The molecule has 3 heteroatoms. The van der Waals surface area contributed by atoms with Gasteiger partial charge in [-0.05, 0) is 79.5 Å². The highest BCUT2D eigenvalue weighted by Gasteiger charge is 2.22. The molecule has 9 aromatic carbocycles. The van der Waals surface area contributed by atoms with Crippen molar-refractivity contribution in [2.75, 3.05) is 0 Å². The van der Waals surface area contributed by atoms with Crippen LogP contribution in [0.1, 0.15) is 0 Å².